The molecule has 5 rings (SSSR count). The van der Waals surface area contributed by atoms with Gasteiger partial charge in [0.25, 0.3) is 0 Å². The highest BCUT2D eigenvalue weighted by Crippen LogP contribution is 2.39. The molecule has 5 aromatic carbocycles. The van der Waals surface area contributed by atoms with Gasteiger partial charge < -0.3 is 4.74 Å². The second-order valence-electron chi connectivity index (χ2n) is 6.77. The monoisotopic (exact) mass is 350 g/mol. The van der Waals surface area contributed by atoms with Crippen LogP contribution in [0.2, 0.25) is 0 Å². The number of rotatable bonds is 3. The Balaban J connectivity index is 1.84. The Labute approximate surface area is 157 Å². The molecule has 0 aliphatic carbocycles. The Morgan fingerprint density at radius 1 is 0.778 bits per heavy atom. The van der Waals surface area contributed by atoms with Crippen molar-refractivity contribution in [3.05, 3.63) is 84.4 Å². The lowest BCUT2D eigenvalue weighted by atomic mass is 9.89. The highest BCUT2D eigenvalue weighted by atomic mass is 16.5. The summed E-state index contributed by atoms with van der Waals surface area (Å²) in [6, 6.07) is 27.2. The summed E-state index contributed by atoms with van der Waals surface area (Å²) in [6.07, 6.45) is 0. The number of ether oxygens (including phenoxy) is 1. The van der Waals surface area contributed by atoms with Gasteiger partial charge >= 0.3 is 5.97 Å². The molecule has 0 aliphatic rings. The molecule has 27 heavy (non-hydrogen) atoms. The molecule has 0 N–H and O–H groups in total. The standard InChI is InChI=1S/C25H18O2/c1-2-27-25(26)20-14-18-9-8-17-10-12-21(16-6-4-3-5-7-16)22-13-11-19(15-20)23(18)24(17)22/h3-15H,2H2,1H3. The minimum absolute atomic E-state index is 0.270. The first-order valence-electron chi connectivity index (χ1n) is 9.20. The van der Waals surface area contributed by atoms with Gasteiger partial charge in [-0.25, -0.2) is 4.79 Å². The first-order chi connectivity index (χ1) is 13.3. The first-order valence-corrected chi connectivity index (χ1v) is 9.20. The molecule has 0 unspecified atom stereocenters. The van der Waals surface area contributed by atoms with E-state index in [1.807, 2.05) is 25.1 Å². The summed E-state index contributed by atoms with van der Waals surface area (Å²) in [4.78, 5) is 12.2. The van der Waals surface area contributed by atoms with Crippen molar-refractivity contribution in [2.24, 2.45) is 0 Å². The van der Waals surface area contributed by atoms with E-state index in [2.05, 4.69) is 60.7 Å². The zero-order chi connectivity index (χ0) is 18.4. The third-order valence-corrected chi connectivity index (χ3v) is 5.20. The molecular weight excluding hydrogens is 332 g/mol. The van der Waals surface area contributed by atoms with E-state index in [0.717, 1.165) is 10.8 Å². The normalized spacial score (nSPS) is 11.4. The van der Waals surface area contributed by atoms with Crippen LogP contribution < -0.4 is 0 Å². The third kappa shape index (κ3) is 2.45. The molecule has 130 valence electrons. The predicted molar refractivity (Wildman–Crippen MR) is 112 cm³/mol. The fourth-order valence-corrected chi connectivity index (χ4v) is 4.02. The molecule has 0 saturated heterocycles. The zero-order valence-electron chi connectivity index (χ0n) is 15.0. The van der Waals surface area contributed by atoms with E-state index >= 15 is 0 Å². The molecule has 0 aliphatic heterocycles. The van der Waals surface area contributed by atoms with Gasteiger partial charge in [-0.05, 0) is 62.5 Å². The van der Waals surface area contributed by atoms with Crippen LogP contribution in [-0.2, 0) is 4.74 Å². The van der Waals surface area contributed by atoms with E-state index in [1.54, 1.807) is 0 Å². The Bertz CT molecular complexity index is 1270. The number of benzene rings is 5. The lowest BCUT2D eigenvalue weighted by Gasteiger charge is -2.15. The fourth-order valence-electron chi connectivity index (χ4n) is 4.02. The van der Waals surface area contributed by atoms with E-state index in [0.29, 0.717) is 12.2 Å². The molecule has 0 saturated carbocycles. The van der Waals surface area contributed by atoms with E-state index in [4.69, 9.17) is 4.74 Å². The van der Waals surface area contributed by atoms with E-state index in [1.165, 1.54) is 32.7 Å². The van der Waals surface area contributed by atoms with Gasteiger partial charge in [-0.15, -0.1) is 0 Å². The van der Waals surface area contributed by atoms with Crippen LogP contribution in [0, 0.1) is 0 Å². The molecule has 0 fully saturated rings. The van der Waals surface area contributed by atoms with Crippen molar-refractivity contribution < 1.29 is 9.53 Å². The van der Waals surface area contributed by atoms with Gasteiger partial charge in [-0.2, -0.15) is 0 Å². The molecule has 0 bridgehead atoms. The average molecular weight is 350 g/mol. The Morgan fingerprint density at radius 2 is 1.44 bits per heavy atom. The molecule has 0 radical (unpaired) electrons. The van der Waals surface area contributed by atoms with Crippen LogP contribution in [-0.4, -0.2) is 12.6 Å². The summed E-state index contributed by atoms with van der Waals surface area (Å²) < 4.78 is 5.19. The van der Waals surface area contributed by atoms with Crippen molar-refractivity contribution in [3.8, 4) is 11.1 Å². The van der Waals surface area contributed by atoms with Crippen molar-refractivity contribution in [2.75, 3.05) is 6.61 Å². The number of hydrogen-bond donors (Lipinski definition) is 0. The summed E-state index contributed by atoms with van der Waals surface area (Å²) in [5.74, 6) is -0.270. The Morgan fingerprint density at radius 3 is 2.19 bits per heavy atom. The van der Waals surface area contributed by atoms with E-state index in [9.17, 15) is 4.79 Å². The maximum atomic E-state index is 12.2. The molecule has 2 heteroatoms. The highest BCUT2D eigenvalue weighted by molar-refractivity contribution is 6.26. The van der Waals surface area contributed by atoms with Crippen LogP contribution in [0.3, 0.4) is 0 Å². The van der Waals surface area contributed by atoms with Crippen LogP contribution in [0.5, 0.6) is 0 Å². The summed E-state index contributed by atoms with van der Waals surface area (Å²) >= 11 is 0. The van der Waals surface area contributed by atoms with Gasteiger partial charge in [0.1, 0.15) is 0 Å². The molecule has 0 amide bonds. The van der Waals surface area contributed by atoms with Gasteiger partial charge in [0, 0.05) is 0 Å². The molecule has 0 atom stereocenters. The smallest absolute Gasteiger partial charge is 0.338 e. The zero-order valence-corrected chi connectivity index (χ0v) is 15.0. The molecule has 0 heterocycles. The van der Waals surface area contributed by atoms with Crippen molar-refractivity contribution in [1.82, 2.24) is 0 Å². The number of carbonyl (C=O) groups excluding carboxylic acids is 1. The van der Waals surface area contributed by atoms with Gasteiger partial charge in [0.2, 0.25) is 0 Å². The van der Waals surface area contributed by atoms with Crippen LogP contribution in [0.1, 0.15) is 17.3 Å². The molecule has 5 aromatic rings. The molecule has 0 aromatic heterocycles. The van der Waals surface area contributed by atoms with Gasteiger partial charge in [-0.3, -0.25) is 0 Å². The summed E-state index contributed by atoms with van der Waals surface area (Å²) in [5, 5.41) is 7.04. The van der Waals surface area contributed by atoms with E-state index in [-0.39, 0.29) is 5.97 Å². The number of carbonyl (C=O) groups is 1. The topological polar surface area (TPSA) is 26.3 Å². The second-order valence-corrected chi connectivity index (χ2v) is 6.77. The summed E-state index contributed by atoms with van der Waals surface area (Å²) in [6.45, 7) is 2.21. The number of esters is 1. The van der Waals surface area contributed by atoms with Gasteiger partial charge in [0.15, 0.2) is 0 Å². The van der Waals surface area contributed by atoms with Crippen molar-refractivity contribution in [3.63, 3.8) is 0 Å². The molecular formula is C25H18O2. The lowest BCUT2D eigenvalue weighted by molar-refractivity contribution is 0.0526. The fraction of sp³-hybridized carbons (Fsp3) is 0.0800. The Kier molecular flexibility index (Phi) is 3.58. The minimum Gasteiger partial charge on any atom is -0.462 e. The van der Waals surface area contributed by atoms with Crippen LogP contribution in [0.25, 0.3) is 43.4 Å². The second kappa shape index (κ2) is 6.10. The largest absolute Gasteiger partial charge is 0.462 e. The van der Waals surface area contributed by atoms with Crippen molar-refractivity contribution in [1.29, 1.82) is 0 Å². The maximum Gasteiger partial charge on any atom is 0.338 e. The van der Waals surface area contributed by atoms with Gasteiger partial charge in [-0.1, -0.05) is 66.7 Å². The summed E-state index contributed by atoms with van der Waals surface area (Å²) in [7, 11) is 0. The lowest BCUT2D eigenvalue weighted by Crippen LogP contribution is -2.04. The number of hydrogen-bond acceptors (Lipinski definition) is 2. The highest BCUT2D eigenvalue weighted by Gasteiger charge is 2.15. The van der Waals surface area contributed by atoms with Crippen molar-refractivity contribution in [2.45, 2.75) is 6.92 Å². The van der Waals surface area contributed by atoms with Crippen LogP contribution in [0.15, 0.2) is 78.9 Å². The minimum atomic E-state index is -0.270. The molecule has 2 nitrogen and oxygen atoms in total. The maximum absolute atomic E-state index is 12.2. The molecule has 0 spiro atoms. The van der Waals surface area contributed by atoms with Gasteiger partial charge in [0.05, 0.1) is 12.2 Å². The quantitative estimate of drug-likeness (QED) is 0.277. The van der Waals surface area contributed by atoms with Crippen molar-refractivity contribution >= 4 is 38.3 Å². The van der Waals surface area contributed by atoms with Crippen LogP contribution >= 0.6 is 0 Å². The average Bonchev–Trinajstić information content (AvgIpc) is 2.72. The predicted octanol–water partition coefficient (Wildman–Crippen LogP) is 6.43. The summed E-state index contributed by atoms with van der Waals surface area (Å²) in [5.41, 5.74) is 3.04. The third-order valence-electron chi connectivity index (χ3n) is 5.20. The van der Waals surface area contributed by atoms with Crippen LogP contribution in [0.4, 0.5) is 0 Å². The first kappa shape index (κ1) is 15.8. The SMILES string of the molecule is CCOC(=O)c1cc2ccc3ccc(-c4ccccc4)c4ccc(c1)c2c34. The van der Waals surface area contributed by atoms with E-state index < -0.39 is 0 Å². The Hall–Kier alpha value is -3.39.